The van der Waals surface area contributed by atoms with E-state index in [1.54, 1.807) is 12.1 Å². The van der Waals surface area contributed by atoms with Crippen LogP contribution in [-0.4, -0.2) is 18.5 Å². The van der Waals surface area contributed by atoms with Crippen molar-refractivity contribution in [2.75, 3.05) is 0 Å². The van der Waals surface area contributed by atoms with Gasteiger partial charge in [-0.05, 0) is 55.5 Å². The van der Waals surface area contributed by atoms with Crippen molar-refractivity contribution in [1.82, 2.24) is 0 Å². The van der Waals surface area contributed by atoms with Crippen LogP contribution in [0.3, 0.4) is 0 Å². The van der Waals surface area contributed by atoms with Crippen LogP contribution in [0.4, 0.5) is 13.2 Å². The summed E-state index contributed by atoms with van der Waals surface area (Å²) in [6, 6.07) is 15.6. The van der Waals surface area contributed by atoms with Gasteiger partial charge in [0.15, 0.2) is 0 Å². The van der Waals surface area contributed by atoms with E-state index in [1.165, 1.54) is 12.1 Å². The number of alkyl halides is 3. The molecule has 2 N–H and O–H groups in total. The molecule has 3 atom stereocenters. The third-order valence-corrected chi connectivity index (χ3v) is 4.71. The van der Waals surface area contributed by atoms with Gasteiger partial charge in [0.05, 0.1) is 0 Å². The predicted molar refractivity (Wildman–Crippen MR) is 93.0 cm³/mol. The highest BCUT2D eigenvalue weighted by Gasteiger charge is 2.33. The summed E-state index contributed by atoms with van der Waals surface area (Å²) in [6.07, 6.45) is -1.18. The van der Waals surface area contributed by atoms with Crippen LogP contribution in [0.15, 0.2) is 54.6 Å². The molecular weight excluding hydrogens is 343 g/mol. The highest BCUT2D eigenvalue weighted by molar-refractivity contribution is 5.28. The van der Waals surface area contributed by atoms with E-state index in [2.05, 4.69) is 4.74 Å². The van der Waals surface area contributed by atoms with E-state index in [-0.39, 0.29) is 23.8 Å². The van der Waals surface area contributed by atoms with Crippen molar-refractivity contribution < 1.29 is 22.6 Å². The highest BCUT2D eigenvalue weighted by atomic mass is 19.4. The van der Waals surface area contributed by atoms with E-state index in [0.717, 1.165) is 30.6 Å². The van der Waals surface area contributed by atoms with Crippen molar-refractivity contribution in [3.63, 3.8) is 0 Å². The van der Waals surface area contributed by atoms with Crippen molar-refractivity contribution >= 4 is 0 Å². The van der Waals surface area contributed by atoms with Gasteiger partial charge in [0.2, 0.25) is 0 Å². The van der Waals surface area contributed by atoms with E-state index >= 15 is 0 Å². The fourth-order valence-corrected chi connectivity index (χ4v) is 3.46. The maximum absolute atomic E-state index is 12.3. The first kappa shape index (κ1) is 18.6. The van der Waals surface area contributed by atoms with Gasteiger partial charge in [-0.15, -0.1) is 13.2 Å². The van der Waals surface area contributed by atoms with Crippen molar-refractivity contribution in [1.29, 1.82) is 0 Å². The first-order valence-electron chi connectivity index (χ1n) is 8.73. The summed E-state index contributed by atoms with van der Waals surface area (Å²) in [5.74, 6) is 0.704. The van der Waals surface area contributed by atoms with E-state index in [1.807, 2.05) is 30.3 Å². The molecule has 2 aromatic carbocycles. The van der Waals surface area contributed by atoms with Gasteiger partial charge in [-0.1, -0.05) is 30.3 Å². The molecule has 0 radical (unpaired) electrons. The first-order chi connectivity index (χ1) is 12.4. The minimum absolute atomic E-state index is 0.00330. The Kier molecular flexibility index (Phi) is 5.71. The van der Waals surface area contributed by atoms with Gasteiger partial charge >= 0.3 is 6.36 Å². The number of hydrogen-bond donors (Lipinski definition) is 1. The van der Waals surface area contributed by atoms with Gasteiger partial charge in [-0.2, -0.15) is 0 Å². The number of halogens is 3. The number of ether oxygens (including phenoxy) is 2. The molecule has 3 rings (SSSR count). The lowest BCUT2D eigenvalue weighted by atomic mass is 9.79. The maximum atomic E-state index is 12.3. The lowest BCUT2D eigenvalue weighted by Crippen LogP contribution is -2.45. The molecule has 3 nitrogen and oxygen atoms in total. The summed E-state index contributed by atoms with van der Waals surface area (Å²) >= 11 is 0. The van der Waals surface area contributed by atoms with E-state index in [9.17, 15) is 13.2 Å². The zero-order chi connectivity index (χ0) is 18.6. The predicted octanol–water partition coefficient (Wildman–Crippen LogP) is 4.70. The molecule has 0 aromatic heterocycles. The Bertz CT molecular complexity index is 688. The molecular formula is C20H22F3NO2. The molecule has 0 amide bonds. The van der Waals surface area contributed by atoms with Crippen LogP contribution in [-0.2, 0) is 6.42 Å². The van der Waals surface area contributed by atoms with Crippen molar-refractivity contribution in [2.24, 2.45) is 11.7 Å². The van der Waals surface area contributed by atoms with Gasteiger partial charge in [0.1, 0.15) is 17.6 Å². The molecule has 3 unspecified atom stereocenters. The smallest absolute Gasteiger partial charge is 0.490 e. The Balaban J connectivity index is 1.68. The minimum Gasteiger partial charge on any atom is -0.490 e. The fraction of sp³-hybridized carbons (Fsp3) is 0.400. The Labute approximate surface area is 150 Å². The highest BCUT2D eigenvalue weighted by Crippen LogP contribution is 2.31. The lowest BCUT2D eigenvalue weighted by Gasteiger charge is -2.36. The summed E-state index contributed by atoms with van der Waals surface area (Å²) in [7, 11) is 0. The topological polar surface area (TPSA) is 44.5 Å². The molecule has 140 valence electrons. The summed E-state index contributed by atoms with van der Waals surface area (Å²) in [5, 5.41) is 0. The summed E-state index contributed by atoms with van der Waals surface area (Å²) in [5.41, 5.74) is 7.25. The van der Waals surface area contributed by atoms with E-state index in [4.69, 9.17) is 10.5 Å². The number of hydrogen-bond acceptors (Lipinski definition) is 3. The van der Waals surface area contributed by atoms with Gasteiger partial charge in [0, 0.05) is 12.0 Å². The standard InChI is InChI=1S/C20H22F3NO2/c21-20(22,23)26-16-11-9-14(10-12-16)13-17-18(24)7-4-8-19(17)25-15-5-2-1-3-6-15/h1-3,5-6,9-12,17-19H,4,7-8,13,24H2. The van der Waals surface area contributed by atoms with E-state index < -0.39 is 6.36 Å². The average Bonchev–Trinajstić information content (AvgIpc) is 2.59. The summed E-state index contributed by atoms with van der Waals surface area (Å²) in [6.45, 7) is 0. The quantitative estimate of drug-likeness (QED) is 0.835. The fourth-order valence-electron chi connectivity index (χ4n) is 3.46. The number of rotatable bonds is 5. The van der Waals surface area contributed by atoms with Crippen LogP contribution in [0.25, 0.3) is 0 Å². The third kappa shape index (κ3) is 5.14. The normalized spacial score (nSPS) is 23.5. The Morgan fingerprint density at radius 1 is 0.923 bits per heavy atom. The van der Waals surface area contributed by atoms with Gasteiger partial charge in [-0.25, -0.2) is 0 Å². The van der Waals surface area contributed by atoms with Crippen molar-refractivity contribution in [3.05, 3.63) is 60.2 Å². The molecule has 0 saturated heterocycles. The van der Waals surface area contributed by atoms with Gasteiger partial charge < -0.3 is 15.2 Å². The van der Waals surface area contributed by atoms with Crippen LogP contribution in [0.5, 0.6) is 11.5 Å². The monoisotopic (exact) mass is 365 g/mol. The number of benzene rings is 2. The molecule has 1 aliphatic rings. The lowest BCUT2D eigenvalue weighted by molar-refractivity contribution is -0.274. The molecule has 26 heavy (non-hydrogen) atoms. The minimum atomic E-state index is -4.68. The Morgan fingerprint density at radius 2 is 1.62 bits per heavy atom. The number of nitrogens with two attached hydrogens (primary N) is 1. The Morgan fingerprint density at radius 3 is 2.27 bits per heavy atom. The third-order valence-electron chi connectivity index (χ3n) is 4.71. The molecule has 0 heterocycles. The van der Waals surface area contributed by atoms with Crippen LogP contribution in [0, 0.1) is 5.92 Å². The zero-order valence-electron chi connectivity index (χ0n) is 14.3. The van der Waals surface area contributed by atoms with Crippen LogP contribution >= 0.6 is 0 Å². The van der Waals surface area contributed by atoms with Crippen molar-refractivity contribution in [3.8, 4) is 11.5 Å². The molecule has 6 heteroatoms. The molecule has 2 aromatic rings. The van der Waals surface area contributed by atoms with Gasteiger partial charge in [-0.3, -0.25) is 0 Å². The van der Waals surface area contributed by atoms with Crippen LogP contribution in [0.2, 0.25) is 0 Å². The molecule has 1 saturated carbocycles. The molecule has 1 fully saturated rings. The number of para-hydroxylation sites is 1. The largest absolute Gasteiger partial charge is 0.573 e. The molecule has 0 spiro atoms. The summed E-state index contributed by atoms with van der Waals surface area (Å²) in [4.78, 5) is 0. The maximum Gasteiger partial charge on any atom is 0.573 e. The average molecular weight is 365 g/mol. The second-order valence-corrected chi connectivity index (χ2v) is 6.62. The zero-order valence-corrected chi connectivity index (χ0v) is 14.3. The van der Waals surface area contributed by atoms with E-state index in [0.29, 0.717) is 6.42 Å². The second kappa shape index (κ2) is 7.99. The van der Waals surface area contributed by atoms with Crippen LogP contribution in [0.1, 0.15) is 24.8 Å². The SMILES string of the molecule is NC1CCCC(Oc2ccccc2)C1Cc1ccc(OC(F)(F)F)cc1. The molecule has 0 aliphatic heterocycles. The Hall–Kier alpha value is -2.21. The molecule has 0 bridgehead atoms. The van der Waals surface area contributed by atoms with Crippen molar-refractivity contribution in [2.45, 2.75) is 44.2 Å². The first-order valence-corrected chi connectivity index (χ1v) is 8.73. The second-order valence-electron chi connectivity index (χ2n) is 6.62. The summed E-state index contributed by atoms with van der Waals surface area (Å²) < 4.78 is 46.9. The van der Waals surface area contributed by atoms with Crippen LogP contribution < -0.4 is 15.2 Å². The van der Waals surface area contributed by atoms with Gasteiger partial charge in [0.25, 0.3) is 0 Å². The molecule has 1 aliphatic carbocycles.